The number of aromatic nitrogens is 3. The minimum absolute atomic E-state index is 0.0354. The SMILES string of the molecule is N#Cc1cccc(Cn2cc(Cl)c(OC3CCN(c4ncc(Br)cn4)CC3)cc2=O)c1. The van der Waals surface area contributed by atoms with Crippen LogP contribution in [-0.2, 0) is 6.54 Å². The average Bonchev–Trinajstić information content (AvgIpc) is 2.78. The van der Waals surface area contributed by atoms with Gasteiger partial charge in [-0.2, -0.15) is 5.26 Å². The second-order valence-electron chi connectivity index (χ2n) is 7.27. The summed E-state index contributed by atoms with van der Waals surface area (Å²) in [5.41, 5.74) is 1.20. The topological polar surface area (TPSA) is 84.0 Å². The number of ether oxygens (including phenoxy) is 1. The molecule has 0 saturated carbocycles. The Morgan fingerprint density at radius 3 is 2.68 bits per heavy atom. The van der Waals surface area contributed by atoms with Gasteiger partial charge in [-0.05, 0) is 33.6 Å². The fraction of sp³-hybridized carbons (Fsp3) is 0.273. The Morgan fingerprint density at radius 2 is 1.97 bits per heavy atom. The van der Waals surface area contributed by atoms with Crippen LogP contribution < -0.4 is 15.2 Å². The number of rotatable bonds is 5. The summed E-state index contributed by atoms with van der Waals surface area (Å²) < 4.78 is 8.41. The Hall–Kier alpha value is -2.89. The van der Waals surface area contributed by atoms with Gasteiger partial charge in [-0.3, -0.25) is 4.79 Å². The predicted molar refractivity (Wildman–Crippen MR) is 122 cm³/mol. The van der Waals surface area contributed by atoms with Crippen molar-refractivity contribution in [1.82, 2.24) is 14.5 Å². The summed E-state index contributed by atoms with van der Waals surface area (Å²) in [5, 5.41) is 9.43. The van der Waals surface area contributed by atoms with Crippen molar-refractivity contribution in [3.63, 3.8) is 0 Å². The highest BCUT2D eigenvalue weighted by molar-refractivity contribution is 9.10. The number of hydrogen-bond acceptors (Lipinski definition) is 6. The zero-order valence-electron chi connectivity index (χ0n) is 16.5. The van der Waals surface area contributed by atoms with E-state index in [1.807, 2.05) is 6.07 Å². The van der Waals surface area contributed by atoms with E-state index in [4.69, 9.17) is 21.6 Å². The van der Waals surface area contributed by atoms with Crippen molar-refractivity contribution in [1.29, 1.82) is 5.26 Å². The van der Waals surface area contributed by atoms with Gasteiger partial charge >= 0.3 is 0 Å². The van der Waals surface area contributed by atoms with Crippen molar-refractivity contribution in [3.8, 4) is 11.8 Å². The molecule has 3 heterocycles. The first-order chi connectivity index (χ1) is 15.0. The van der Waals surface area contributed by atoms with Gasteiger partial charge in [-0.1, -0.05) is 23.7 Å². The largest absolute Gasteiger partial charge is 0.488 e. The van der Waals surface area contributed by atoms with Crippen molar-refractivity contribution in [2.75, 3.05) is 18.0 Å². The van der Waals surface area contributed by atoms with Crippen LogP contribution in [0.25, 0.3) is 0 Å². The predicted octanol–water partition coefficient (Wildman–Crippen LogP) is 4.02. The summed E-state index contributed by atoms with van der Waals surface area (Å²) in [6, 6.07) is 10.7. The molecule has 0 bridgehead atoms. The highest BCUT2D eigenvalue weighted by atomic mass is 79.9. The van der Waals surface area contributed by atoms with E-state index < -0.39 is 0 Å². The fourth-order valence-corrected chi connectivity index (χ4v) is 3.92. The Morgan fingerprint density at radius 1 is 1.23 bits per heavy atom. The number of pyridine rings is 1. The van der Waals surface area contributed by atoms with Crippen LogP contribution in [0.1, 0.15) is 24.0 Å². The van der Waals surface area contributed by atoms with Crippen molar-refractivity contribution in [2.45, 2.75) is 25.5 Å². The van der Waals surface area contributed by atoms with E-state index in [0.29, 0.717) is 28.8 Å². The molecule has 4 rings (SSSR count). The first-order valence-corrected chi connectivity index (χ1v) is 11.0. The van der Waals surface area contributed by atoms with Crippen LogP contribution in [0.2, 0.25) is 5.02 Å². The lowest BCUT2D eigenvalue weighted by Gasteiger charge is -2.32. The van der Waals surface area contributed by atoms with Gasteiger partial charge in [-0.25, -0.2) is 9.97 Å². The molecular formula is C22H19BrClN5O2. The summed E-state index contributed by atoms with van der Waals surface area (Å²) in [4.78, 5) is 23.4. The van der Waals surface area contributed by atoms with Crippen molar-refractivity contribution in [3.05, 3.63) is 79.9 Å². The lowest BCUT2D eigenvalue weighted by atomic mass is 10.1. The van der Waals surface area contributed by atoms with Crippen LogP contribution in [0.15, 0.2) is 58.2 Å². The van der Waals surface area contributed by atoms with E-state index in [0.717, 1.165) is 36.0 Å². The molecule has 0 spiro atoms. The third kappa shape index (κ3) is 5.24. The number of nitriles is 1. The van der Waals surface area contributed by atoms with E-state index >= 15 is 0 Å². The zero-order chi connectivity index (χ0) is 21.8. The molecule has 31 heavy (non-hydrogen) atoms. The van der Waals surface area contributed by atoms with Crippen LogP contribution in [0.4, 0.5) is 5.95 Å². The molecule has 3 aromatic rings. The third-order valence-electron chi connectivity index (χ3n) is 5.08. The van der Waals surface area contributed by atoms with Crippen molar-refractivity contribution >= 4 is 33.5 Å². The molecule has 0 radical (unpaired) electrons. The van der Waals surface area contributed by atoms with Crippen molar-refractivity contribution < 1.29 is 4.74 Å². The summed E-state index contributed by atoms with van der Waals surface area (Å²) in [6.45, 7) is 1.85. The number of hydrogen-bond donors (Lipinski definition) is 0. The number of anilines is 1. The van der Waals surface area contributed by atoms with Crippen molar-refractivity contribution in [2.24, 2.45) is 0 Å². The summed E-state index contributed by atoms with van der Waals surface area (Å²) in [6.07, 6.45) is 6.57. The lowest BCUT2D eigenvalue weighted by molar-refractivity contribution is 0.170. The first-order valence-electron chi connectivity index (χ1n) is 9.80. The summed E-state index contributed by atoms with van der Waals surface area (Å²) >= 11 is 9.76. The number of nitrogens with zero attached hydrogens (tertiary/aromatic N) is 5. The normalized spacial score (nSPS) is 14.3. The van der Waals surface area contributed by atoms with E-state index in [1.165, 1.54) is 10.6 Å². The molecule has 0 N–H and O–H groups in total. The Labute approximate surface area is 193 Å². The quantitative estimate of drug-likeness (QED) is 0.526. The third-order valence-corrected chi connectivity index (χ3v) is 5.77. The number of halogens is 2. The molecule has 1 fully saturated rings. The molecule has 158 valence electrons. The summed E-state index contributed by atoms with van der Waals surface area (Å²) in [5.74, 6) is 1.09. The van der Waals surface area contributed by atoms with Crippen LogP contribution in [0.3, 0.4) is 0 Å². The van der Waals surface area contributed by atoms with Crippen LogP contribution >= 0.6 is 27.5 Å². The van der Waals surface area contributed by atoms with E-state index in [1.54, 1.807) is 36.8 Å². The van der Waals surface area contributed by atoms with Gasteiger partial charge < -0.3 is 14.2 Å². The maximum atomic E-state index is 12.6. The van der Waals surface area contributed by atoms with E-state index in [2.05, 4.69) is 36.9 Å². The lowest BCUT2D eigenvalue weighted by Crippen LogP contribution is -2.39. The second kappa shape index (κ2) is 9.50. The smallest absolute Gasteiger partial charge is 0.254 e. The molecule has 1 aliphatic heterocycles. The maximum absolute atomic E-state index is 12.6. The Kier molecular flexibility index (Phi) is 6.54. The van der Waals surface area contributed by atoms with E-state index in [-0.39, 0.29) is 11.7 Å². The van der Waals surface area contributed by atoms with E-state index in [9.17, 15) is 4.79 Å². The van der Waals surface area contributed by atoms with Crippen LogP contribution in [0.5, 0.6) is 5.75 Å². The molecule has 2 aromatic heterocycles. The number of piperidine rings is 1. The minimum Gasteiger partial charge on any atom is -0.488 e. The Balaban J connectivity index is 1.40. The van der Waals surface area contributed by atoms with Gasteiger partial charge in [0.2, 0.25) is 5.95 Å². The monoisotopic (exact) mass is 499 g/mol. The molecule has 0 amide bonds. The van der Waals surface area contributed by atoms with Gasteiger partial charge in [0.15, 0.2) is 0 Å². The molecular weight excluding hydrogens is 482 g/mol. The molecule has 1 aromatic carbocycles. The molecule has 9 heteroatoms. The highest BCUT2D eigenvalue weighted by Crippen LogP contribution is 2.26. The first kappa shape index (κ1) is 21.3. The van der Waals surface area contributed by atoms with Gasteiger partial charge in [0.1, 0.15) is 11.9 Å². The van der Waals surface area contributed by atoms with Gasteiger partial charge in [0.05, 0.1) is 27.7 Å². The minimum atomic E-state index is -0.206. The molecule has 0 atom stereocenters. The fourth-order valence-electron chi connectivity index (χ4n) is 3.50. The average molecular weight is 501 g/mol. The van der Waals surface area contributed by atoms with Gasteiger partial charge in [-0.15, -0.1) is 0 Å². The van der Waals surface area contributed by atoms with Gasteiger partial charge in [0.25, 0.3) is 5.56 Å². The molecule has 7 nitrogen and oxygen atoms in total. The summed E-state index contributed by atoms with van der Waals surface area (Å²) in [7, 11) is 0. The van der Waals surface area contributed by atoms with Crippen LogP contribution in [0, 0.1) is 11.3 Å². The standard InChI is InChI=1S/C22H19BrClN5O2/c23-17-11-26-22(27-12-17)28-6-4-18(5-7-28)31-20-9-21(30)29(14-19(20)24)13-16-3-1-2-15(8-16)10-25/h1-3,8-9,11-12,14,18H,4-7,13H2. The van der Waals surface area contributed by atoms with Gasteiger partial charge in [0, 0.05) is 50.6 Å². The second-order valence-corrected chi connectivity index (χ2v) is 8.59. The Bertz CT molecular complexity index is 1170. The zero-order valence-corrected chi connectivity index (χ0v) is 18.9. The van der Waals surface area contributed by atoms with Crippen LogP contribution in [-0.4, -0.2) is 33.7 Å². The molecule has 1 aliphatic rings. The molecule has 0 unspecified atom stereocenters. The maximum Gasteiger partial charge on any atom is 0.254 e. The number of benzene rings is 1. The molecule has 1 saturated heterocycles. The molecule has 0 aliphatic carbocycles. The highest BCUT2D eigenvalue weighted by Gasteiger charge is 2.23.